The van der Waals surface area contributed by atoms with Crippen LogP contribution in [0.5, 0.6) is 0 Å². The number of anilines is 2. The first-order valence-corrected chi connectivity index (χ1v) is 10.8. The number of benzene rings is 2. The average molecular weight is 431 g/mol. The molecule has 2 N–H and O–H groups in total. The van der Waals surface area contributed by atoms with Crippen LogP contribution in [0.4, 0.5) is 10.8 Å². The molecule has 0 saturated heterocycles. The zero-order chi connectivity index (χ0) is 20.9. The molecule has 0 aliphatic carbocycles. The van der Waals surface area contributed by atoms with Crippen molar-refractivity contribution >= 4 is 44.1 Å². The first-order chi connectivity index (χ1) is 13.8. The van der Waals surface area contributed by atoms with E-state index in [0.29, 0.717) is 5.13 Å². The maximum atomic E-state index is 12.4. The van der Waals surface area contributed by atoms with Crippen LogP contribution in [0.3, 0.4) is 0 Å². The molecule has 0 spiro atoms. The Morgan fingerprint density at radius 2 is 1.86 bits per heavy atom. The molecule has 8 nitrogen and oxygen atoms in total. The molecule has 1 aromatic heterocycles. The fourth-order valence-electron chi connectivity index (χ4n) is 2.30. The Morgan fingerprint density at radius 3 is 2.55 bits per heavy atom. The molecule has 29 heavy (non-hydrogen) atoms. The first kappa shape index (κ1) is 20.5. The van der Waals surface area contributed by atoms with Crippen molar-refractivity contribution in [1.82, 2.24) is 4.98 Å². The van der Waals surface area contributed by atoms with E-state index in [-0.39, 0.29) is 16.1 Å². The van der Waals surface area contributed by atoms with Crippen LogP contribution < -0.4 is 10.0 Å². The predicted octanol–water partition coefficient (Wildman–Crippen LogP) is 3.05. The predicted molar refractivity (Wildman–Crippen MR) is 109 cm³/mol. The number of aryl methyl sites for hydroxylation is 1. The van der Waals surface area contributed by atoms with Gasteiger partial charge in [-0.2, -0.15) is 0 Å². The molecule has 0 bridgehead atoms. The maximum Gasteiger partial charge on any atom is 0.338 e. The van der Waals surface area contributed by atoms with E-state index in [1.165, 1.54) is 47.7 Å². The Hall–Kier alpha value is -3.24. The van der Waals surface area contributed by atoms with Crippen LogP contribution in [0.1, 0.15) is 16.1 Å². The highest BCUT2D eigenvalue weighted by atomic mass is 32.2. The van der Waals surface area contributed by atoms with Gasteiger partial charge in [0.25, 0.3) is 15.9 Å². The Labute approximate surface area is 171 Å². The second-order valence-corrected chi connectivity index (χ2v) is 8.46. The average Bonchev–Trinajstić information content (AvgIpc) is 3.11. The second-order valence-electron chi connectivity index (χ2n) is 5.92. The minimum Gasteiger partial charge on any atom is -0.452 e. The lowest BCUT2D eigenvalue weighted by molar-refractivity contribution is -0.119. The zero-order valence-corrected chi connectivity index (χ0v) is 16.9. The fourth-order valence-corrected chi connectivity index (χ4v) is 4.08. The third-order valence-electron chi connectivity index (χ3n) is 3.60. The largest absolute Gasteiger partial charge is 0.452 e. The molecule has 2 aromatic carbocycles. The molecule has 0 fully saturated rings. The molecule has 1 amide bonds. The lowest BCUT2D eigenvalue weighted by atomic mass is 10.2. The standard InChI is InChI=1S/C19H17N3O5S2/c1-13-12-28-19(20-13)21-17(23)11-27-18(24)14-6-5-7-15(10-14)22-29(25,26)16-8-3-2-4-9-16/h2-10,12,22H,11H2,1H3,(H,20,21,23). The number of sulfonamides is 1. The number of hydrogen-bond acceptors (Lipinski definition) is 7. The Kier molecular flexibility index (Phi) is 6.25. The number of nitrogens with zero attached hydrogens (tertiary/aromatic N) is 1. The highest BCUT2D eigenvalue weighted by molar-refractivity contribution is 7.92. The smallest absolute Gasteiger partial charge is 0.338 e. The van der Waals surface area contributed by atoms with E-state index in [9.17, 15) is 18.0 Å². The van der Waals surface area contributed by atoms with Crippen molar-refractivity contribution in [3.05, 3.63) is 71.2 Å². The quantitative estimate of drug-likeness (QED) is 0.556. The summed E-state index contributed by atoms with van der Waals surface area (Å²) in [5, 5.41) is 4.73. The minimum absolute atomic E-state index is 0.0991. The van der Waals surface area contributed by atoms with Crippen LogP contribution in [0, 0.1) is 6.92 Å². The van der Waals surface area contributed by atoms with Crippen molar-refractivity contribution in [2.45, 2.75) is 11.8 Å². The summed E-state index contributed by atoms with van der Waals surface area (Å²) in [7, 11) is -3.79. The third-order valence-corrected chi connectivity index (χ3v) is 5.88. The molecule has 3 rings (SSSR count). The van der Waals surface area contributed by atoms with Crippen molar-refractivity contribution in [1.29, 1.82) is 0 Å². The molecule has 10 heteroatoms. The zero-order valence-electron chi connectivity index (χ0n) is 15.3. The highest BCUT2D eigenvalue weighted by Crippen LogP contribution is 2.18. The molecular weight excluding hydrogens is 414 g/mol. The minimum atomic E-state index is -3.79. The van der Waals surface area contributed by atoms with E-state index in [1.54, 1.807) is 30.5 Å². The molecule has 0 saturated carbocycles. The van der Waals surface area contributed by atoms with E-state index in [2.05, 4.69) is 15.0 Å². The van der Waals surface area contributed by atoms with E-state index in [1.807, 2.05) is 0 Å². The fraction of sp³-hybridized carbons (Fsp3) is 0.105. The van der Waals surface area contributed by atoms with E-state index in [0.717, 1.165) is 5.69 Å². The molecule has 1 heterocycles. The SMILES string of the molecule is Cc1csc(NC(=O)COC(=O)c2cccc(NS(=O)(=O)c3ccccc3)c2)n1. The number of thiazole rings is 1. The molecule has 0 aliphatic heterocycles. The second kappa shape index (κ2) is 8.84. The van der Waals surface area contributed by atoms with Gasteiger partial charge in [0, 0.05) is 11.1 Å². The molecule has 0 atom stereocenters. The lowest BCUT2D eigenvalue weighted by Crippen LogP contribution is -2.21. The number of aromatic nitrogens is 1. The van der Waals surface area contributed by atoms with Crippen molar-refractivity contribution in [2.75, 3.05) is 16.6 Å². The van der Waals surface area contributed by atoms with Gasteiger partial charge in [-0.15, -0.1) is 11.3 Å². The molecular formula is C19H17N3O5S2. The summed E-state index contributed by atoms with van der Waals surface area (Å²) >= 11 is 1.27. The van der Waals surface area contributed by atoms with E-state index >= 15 is 0 Å². The van der Waals surface area contributed by atoms with Gasteiger partial charge in [0.15, 0.2) is 11.7 Å². The lowest BCUT2D eigenvalue weighted by Gasteiger charge is -2.09. The monoisotopic (exact) mass is 431 g/mol. The summed E-state index contributed by atoms with van der Waals surface area (Å²) in [6, 6.07) is 13.7. The van der Waals surface area contributed by atoms with Crippen LogP contribution in [0.2, 0.25) is 0 Å². The molecule has 0 unspecified atom stereocenters. The van der Waals surface area contributed by atoms with Gasteiger partial charge in [0.1, 0.15) is 0 Å². The first-order valence-electron chi connectivity index (χ1n) is 8.40. The van der Waals surface area contributed by atoms with Crippen LogP contribution >= 0.6 is 11.3 Å². The number of carbonyl (C=O) groups is 2. The number of carbonyl (C=O) groups excluding carboxylic acids is 2. The topological polar surface area (TPSA) is 114 Å². The van der Waals surface area contributed by atoms with Crippen LogP contribution in [-0.4, -0.2) is 31.9 Å². The molecule has 0 aliphatic rings. The van der Waals surface area contributed by atoms with Gasteiger partial charge >= 0.3 is 5.97 Å². The summed E-state index contributed by atoms with van der Waals surface area (Å²) < 4.78 is 32.2. The van der Waals surface area contributed by atoms with Crippen LogP contribution in [-0.2, 0) is 19.6 Å². The summed E-state index contributed by atoms with van der Waals surface area (Å²) in [6.07, 6.45) is 0. The van der Waals surface area contributed by atoms with Crippen LogP contribution in [0.25, 0.3) is 0 Å². The highest BCUT2D eigenvalue weighted by Gasteiger charge is 2.16. The molecule has 150 valence electrons. The van der Waals surface area contributed by atoms with Gasteiger partial charge in [0.2, 0.25) is 0 Å². The normalized spacial score (nSPS) is 10.9. The van der Waals surface area contributed by atoms with Crippen molar-refractivity contribution in [2.24, 2.45) is 0 Å². The van der Waals surface area contributed by atoms with Crippen molar-refractivity contribution in [3.63, 3.8) is 0 Å². The van der Waals surface area contributed by atoms with E-state index < -0.39 is 28.5 Å². The van der Waals surface area contributed by atoms with Gasteiger partial charge in [-0.05, 0) is 37.3 Å². The number of esters is 1. The summed E-state index contributed by atoms with van der Waals surface area (Å²) in [6.45, 7) is 1.31. The number of nitrogens with one attached hydrogen (secondary N) is 2. The Balaban J connectivity index is 1.61. The van der Waals surface area contributed by atoms with Crippen molar-refractivity contribution < 1.29 is 22.7 Å². The Morgan fingerprint density at radius 1 is 1.10 bits per heavy atom. The molecule has 0 radical (unpaired) electrons. The number of rotatable bonds is 7. The summed E-state index contributed by atoms with van der Waals surface area (Å²) in [4.78, 5) is 28.2. The van der Waals surface area contributed by atoms with Gasteiger partial charge in [-0.25, -0.2) is 18.2 Å². The number of ether oxygens (including phenoxy) is 1. The van der Waals surface area contributed by atoms with Gasteiger partial charge < -0.3 is 4.74 Å². The van der Waals surface area contributed by atoms with Gasteiger partial charge in [-0.3, -0.25) is 14.8 Å². The summed E-state index contributed by atoms with van der Waals surface area (Å²) in [5.41, 5.74) is 1.08. The Bertz CT molecular complexity index is 1130. The number of hydrogen-bond donors (Lipinski definition) is 2. The molecule has 3 aromatic rings. The van der Waals surface area contributed by atoms with Crippen molar-refractivity contribution in [3.8, 4) is 0 Å². The third kappa shape index (κ3) is 5.62. The van der Waals surface area contributed by atoms with Crippen LogP contribution in [0.15, 0.2) is 64.9 Å². The van der Waals surface area contributed by atoms with E-state index in [4.69, 9.17) is 4.74 Å². The van der Waals surface area contributed by atoms with Gasteiger partial charge in [-0.1, -0.05) is 24.3 Å². The maximum absolute atomic E-state index is 12.4. The van der Waals surface area contributed by atoms with Gasteiger partial charge in [0.05, 0.1) is 16.2 Å². The number of amides is 1. The summed E-state index contributed by atoms with van der Waals surface area (Å²) in [5.74, 6) is -1.27.